The van der Waals surface area contributed by atoms with E-state index in [0.717, 1.165) is 44.2 Å². The van der Waals surface area contributed by atoms with Crippen molar-refractivity contribution in [2.24, 2.45) is 17.6 Å². The zero-order valence-corrected chi connectivity index (χ0v) is 16.8. The molecule has 26 heavy (non-hydrogen) atoms. The van der Waals surface area contributed by atoms with Crippen LogP contribution in [0.15, 0.2) is 24.3 Å². The van der Waals surface area contributed by atoms with Crippen molar-refractivity contribution in [3.05, 3.63) is 24.3 Å². The maximum absolute atomic E-state index is 12.3. The maximum Gasteiger partial charge on any atom is 0.241 e. The van der Waals surface area contributed by atoms with Crippen molar-refractivity contribution in [3.8, 4) is 0 Å². The van der Waals surface area contributed by atoms with Gasteiger partial charge in [-0.25, -0.2) is 0 Å². The third-order valence-electron chi connectivity index (χ3n) is 5.62. The van der Waals surface area contributed by atoms with Gasteiger partial charge in [0.05, 0.1) is 6.04 Å². The first-order valence-electron chi connectivity index (χ1n) is 9.70. The van der Waals surface area contributed by atoms with Gasteiger partial charge in [0.1, 0.15) is 0 Å². The molecule has 3 N–H and O–H groups in total. The highest BCUT2D eigenvalue weighted by atomic mass is 35.5. The minimum Gasteiger partial charge on any atom is -0.369 e. The van der Waals surface area contributed by atoms with Gasteiger partial charge in [-0.2, -0.15) is 0 Å². The van der Waals surface area contributed by atoms with E-state index in [0.29, 0.717) is 0 Å². The normalized spacial score (nSPS) is 20.2. The first-order chi connectivity index (χ1) is 12.1. The van der Waals surface area contributed by atoms with Crippen molar-refractivity contribution >= 4 is 29.7 Å². The number of hydrogen-bond acceptors (Lipinski definition) is 4. The summed E-state index contributed by atoms with van der Waals surface area (Å²) in [6.45, 7) is 9.71. The number of nitrogens with one attached hydrogen (secondary N) is 1. The maximum atomic E-state index is 12.3. The van der Waals surface area contributed by atoms with Crippen LogP contribution in [0.3, 0.4) is 0 Å². The molecule has 1 aromatic carbocycles. The summed E-state index contributed by atoms with van der Waals surface area (Å²) in [4.78, 5) is 17.3. The fourth-order valence-electron chi connectivity index (χ4n) is 3.37. The molecular formula is C20H33ClN4O. The predicted octanol–water partition coefficient (Wildman–Crippen LogP) is 2.95. The van der Waals surface area contributed by atoms with Crippen LogP contribution in [0.2, 0.25) is 0 Å². The smallest absolute Gasteiger partial charge is 0.241 e. The molecule has 1 aromatic rings. The van der Waals surface area contributed by atoms with E-state index in [-0.39, 0.29) is 24.2 Å². The monoisotopic (exact) mass is 380 g/mol. The molecule has 2 aliphatic rings. The highest BCUT2D eigenvalue weighted by molar-refractivity contribution is 5.95. The van der Waals surface area contributed by atoms with Crippen molar-refractivity contribution < 1.29 is 4.79 Å². The summed E-state index contributed by atoms with van der Waals surface area (Å²) in [7, 11) is 0. The van der Waals surface area contributed by atoms with Crippen LogP contribution in [0.25, 0.3) is 0 Å². The number of nitrogens with zero attached hydrogens (tertiary/aromatic N) is 2. The molecule has 1 aliphatic carbocycles. The number of anilines is 2. The fourth-order valence-corrected chi connectivity index (χ4v) is 3.37. The van der Waals surface area contributed by atoms with Crippen LogP contribution in [0.4, 0.5) is 11.4 Å². The lowest BCUT2D eigenvalue weighted by molar-refractivity contribution is -0.118. The van der Waals surface area contributed by atoms with Crippen LogP contribution in [0.5, 0.6) is 0 Å². The van der Waals surface area contributed by atoms with E-state index in [9.17, 15) is 4.79 Å². The number of carbonyl (C=O) groups excluding carboxylic acids is 1. The Bertz CT molecular complexity index is 585. The minimum atomic E-state index is -0.459. The molecule has 5 nitrogen and oxygen atoms in total. The number of hydrogen-bond donors (Lipinski definition) is 2. The Balaban J connectivity index is 0.00000243. The van der Waals surface area contributed by atoms with Crippen LogP contribution in [-0.4, -0.2) is 49.6 Å². The molecule has 6 heteroatoms. The molecule has 3 rings (SSSR count). The van der Waals surface area contributed by atoms with E-state index in [1.165, 1.54) is 25.1 Å². The van der Waals surface area contributed by atoms with Crippen molar-refractivity contribution in [2.75, 3.05) is 42.9 Å². The second-order valence-corrected chi connectivity index (χ2v) is 7.68. The lowest BCUT2D eigenvalue weighted by Crippen LogP contribution is -2.47. The molecular weight excluding hydrogens is 348 g/mol. The van der Waals surface area contributed by atoms with Crippen molar-refractivity contribution in [1.29, 1.82) is 0 Å². The van der Waals surface area contributed by atoms with Gasteiger partial charge in [-0.1, -0.05) is 26.3 Å². The topological polar surface area (TPSA) is 61.6 Å². The first kappa shape index (κ1) is 21.0. The molecule has 2 atom stereocenters. The molecule has 1 saturated heterocycles. The van der Waals surface area contributed by atoms with Crippen LogP contribution in [-0.2, 0) is 4.79 Å². The third-order valence-corrected chi connectivity index (χ3v) is 5.62. The summed E-state index contributed by atoms with van der Waals surface area (Å²) in [5, 5.41) is 2.98. The number of nitrogens with two attached hydrogens (primary N) is 1. The highest BCUT2D eigenvalue weighted by Gasteiger charge is 2.26. The Morgan fingerprint density at radius 1 is 1.27 bits per heavy atom. The Kier molecular flexibility index (Phi) is 7.74. The molecule has 2 unspecified atom stereocenters. The number of halogens is 1. The minimum absolute atomic E-state index is 0. The van der Waals surface area contributed by atoms with Crippen LogP contribution in [0.1, 0.15) is 33.1 Å². The SMILES string of the molecule is CCC(C)C(N)C(=O)Nc1cccc(N2CCN(CC3CC3)CC2)c1.Cl. The summed E-state index contributed by atoms with van der Waals surface area (Å²) < 4.78 is 0. The van der Waals surface area contributed by atoms with Gasteiger partial charge in [-0.05, 0) is 42.9 Å². The van der Waals surface area contributed by atoms with Gasteiger partial charge in [0, 0.05) is 44.1 Å². The zero-order valence-electron chi connectivity index (χ0n) is 16.0. The van der Waals surface area contributed by atoms with E-state index in [2.05, 4.69) is 34.2 Å². The lowest BCUT2D eigenvalue weighted by Gasteiger charge is -2.36. The van der Waals surface area contributed by atoms with E-state index in [1.807, 2.05) is 19.1 Å². The average Bonchev–Trinajstić information content (AvgIpc) is 3.45. The van der Waals surface area contributed by atoms with E-state index < -0.39 is 6.04 Å². The molecule has 0 radical (unpaired) electrons. The largest absolute Gasteiger partial charge is 0.369 e. The number of amides is 1. The molecule has 1 aliphatic heterocycles. The number of benzene rings is 1. The van der Waals surface area contributed by atoms with Gasteiger partial charge in [0.25, 0.3) is 0 Å². The van der Waals surface area contributed by atoms with Gasteiger partial charge in [0.2, 0.25) is 5.91 Å². The van der Waals surface area contributed by atoms with Gasteiger partial charge >= 0.3 is 0 Å². The van der Waals surface area contributed by atoms with Crippen LogP contribution >= 0.6 is 12.4 Å². The Morgan fingerprint density at radius 3 is 2.58 bits per heavy atom. The van der Waals surface area contributed by atoms with Gasteiger partial charge < -0.3 is 16.0 Å². The molecule has 1 saturated carbocycles. The number of rotatable bonds is 7. The molecule has 2 fully saturated rings. The Morgan fingerprint density at radius 2 is 1.96 bits per heavy atom. The molecule has 0 spiro atoms. The molecule has 0 bridgehead atoms. The average molecular weight is 381 g/mol. The fraction of sp³-hybridized carbons (Fsp3) is 0.650. The first-order valence-corrected chi connectivity index (χ1v) is 9.70. The molecule has 0 aromatic heterocycles. The zero-order chi connectivity index (χ0) is 17.8. The van der Waals surface area contributed by atoms with Crippen molar-refractivity contribution in [2.45, 2.75) is 39.2 Å². The van der Waals surface area contributed by atoms with Crippen LogP contribution < -0.4 is 16.0 Å². The van der Waals surface area contributed by atoms with Crippen LogP contribution in [0, 0.1) is 11.8 Å². The van der Waals surface area contributed by atoms with Gasteiger partial charge in [-0.15, -0.1) is 12.4 Å². The van der Waals surface area contributed by atoms with Crippen molar-refractivity contribution in [1.82, 2.24) is 4.90 Å². The third kappa shape index (κ3) is 5.60. The Hall–Kier alpha value is -1.30. The molecule has 146 valence electrons. The Labute approximate surface area is 163 Å². The molecule has 1 heterocycles. The van der Waals surface area contributed by atoms with Gasteiger partial charge in [0.15, 0.2) is 0 Å². The number of piperazine rings is 1. The number of carbonyl (C=O) groups is 1. The summed E-state index contributed by atoms with van der Waals surface area (Å²) in [6, 6.07) is 7.68. The van der Waals surface area contributed by atoms with E-state index >= 15 is 0 Å². The molecule has 1 amide bonds. The summed E-state index contributed by atoms with van der Waals surface area (Å²) in [6.07, 6.45) is 3.74. The van der Waals surface area contributed by atoms with Crippen molar-refractivity contribution in [3.63, 3.8) is 0 Å². The highest BCUT2D eigenvalue weighted by Crippen LogP contribution is 2.30. The second-order valence-electron chi connectivity index (χ2n) is 7.68. The quantitative estimate of drug-likeness (QED) is 0.763. The summed E-state index contributed by atoms with van der Waals surface area (Å²) >= 11 is 0. The lowest BCUT2D eigenvalue weighted by atomic mass is 9.99. The summed E-state index contributed by atoms with van der Waals surface area (Å²) in [5.41, 5.74) is 8.05. The van der Waals surface area contributed by atoms with Gasteiger partial charge in [-0.3, -0.25) is 9.69 Å². The second kappa shape index (κ2) is 9.58. The van der Waals surface area contributed by atoms with E-state index in [4.69, 9.17) is 5.73 Å². The van der Waals surface area contributed by atoms with E-state index in [1.54, 1.807) is 0 Å². The predicted molar refractivity (Wildman–Crippen MR) is 111 cm³/mol. The standard InChI is InChI=1S/C20H32N4O.ClH/c1-3-15(2)19(21)20(25)22-17-5-4-6-18(13-17)24-11-9-23(10-12-24)14-16-7-8-16;/h4-6,13,15-16,19H,3,7-12,14,21H2,1-2H3,(H,22,25);1H. The summed E-state index contributed by atoms with van der Waals surface area (Å²) in [5.74, 6) is 1.04.